The van der Waals surface area contributed by atoms with Crippen LogP contribution in [0.1, 0.15) is 11.1 Å². The van der Waals surface area contributed by atoms with Gasteiger partial charge in [-0.15, -0.1) is 0 Å². The Morgan fingerprint density at radius 1 is 1.57 bits per heavy atom. The van der Waals surface area contributed by atoms with Crippen LogP contribution in [0.4, 0.5) is 0 Å². The van der Waals surface area contributed by atoms with Gasteiger partial charge in [-0.25, -0.2) is 5.06 Å². The molecule has 0 atom stereocenters. The number of hydroxylamine groups is 2. The van der Waals surface area contributed by atoms with Crippen molar-refractivity contribution in [2.75, 3.05) is 7.11 Å². The molecule has 0 radical (unpaired) electrons. The average Bonchev–Trinajstić information content (AvgIpc) is 2.17. The summed E-state index contributed by atoms with van der Waals surface area (Å²) in [5.74, 6) is 0.223. The smallest absolute Gasteiger partial charge is 0.233 e. The van der Waals surface area contributed by atoms with Gasteiger partial charge in [0.15, 0.2) is 0 Å². The Hall–Kier alpha value is -1.55. The molecule has 1 amide bonds. The number of carbonyl (C=O) groups excluding carboxylic acids is 1. The van der Waals surface area contributed by atoms with Gasteiger partial charge in [0.2, 0.25) is 6.41 Å². The topological polar surface area (TPSA) is 49.8 Å². The van der Waals surface area contributed by atoms with Crippen LogP contribution in [0.3, 0.4) is 0 Å². The number of amides is 1. The molecule has 14 heavy (non-hydrogen) atoms. The van der Waals surface area contributed by atoms with E-state index in [-0.39, 0.29) is 5.75 Å². The number of nitrogens with zero attached hydrogens (tertiary/aromatic N) is 1. The number of benzene rings is 1. The van der Waals surface area contributed by atoms with Crippen LogP contribution in [0.5, 0.6) is 5.75 Å². The van der Waals surface area contributed by atoms with Gasteiger partial charge in [0, 0.05) is 0 Å². The second kappa shape index (κ2) is 4.62. The molecule has 0 fully saturated rings. The molecule has 0 aliphatic rings. The summed E-state index contributed by atoms with van der Waals surface area (Å²) >= 11 is 0. The summed E-state index contributed by atoms with van der Waals surface area (Å²) in [5.41, 5.74) is 1.87. The molecule has 1 aromatic carbocycles. The molecule has 0 bridgehead atoms. The standard InChI is InChI=1S/C10H13NO3/c1-8-5-10(13)4-3-9(8)6-11(7-12)14-2/h3-5,7,13H,6H2,1-2H3. The third kappa shape index (κ3) is 2.47. The number of carbonyl (C=O) groups is 1. The van der Waals surface area contributed by atoms with Crippen LogP contribution in [0.15, 0.2) is 18.2 Å². The molecule has 76 valence electrons. The molecule has 1 aromatic rings. The molecule has 1 N–H and O–H groups in total. The molecule has 0 unspecified atom stereocenters. The highest BCUT2D eigenvalue weighted by atomic mass is 16.7. The largest absolute Gasteiger partial charge is 0.508 e. The molecule has 0 spiro atoms. The van der Waals surface area contributed by atoms with Gasteiger partial charge in [0.05, 0.1) is 13.7 Å². The molecular weight excluding hydrogens is 182 g/mol. The lowest BCUT2D eigenvalue weighted by Gasteiger charge is -2.15. The van der Waals surface area contributed by atoms with E-state index in [1.165, 1.54) is 12.2 Å². The second-order valence-corrected chi connectivity index (χ2v) is 2.97. The number of rotatable bonds is 4. The maximum Gasteiger partial charge on any atom is 0.233 e. The monoisotopic (exact) mass is 195 g/mol. The Balaban J connectivity index is 2.80. The lowest BCUT2D eigenvalue weighted by molar-refractivity contribution is -0.163. The summed E-state index contributed by atoms with van der Waals surface area (Å²) in [6, 6.07) is 5.00. The molecule has 0 saturated heterocycles. The fourth-order valence-electron chi connectivity index (χ4n) is 1.17. The van der Waals surface area contributed by atoms with Crippen molar-refractivity contribution in [1.82, 2.24) is 5.06 Å². The van der Waals surface area contributed by atoms with Gasteiger partial charge in [-0.3, -0.25) is 9.63 Å². The first-order valence-corrected chi connectivity index (χ1v) is 4.22. The van der Waals surface area contributed by atoms with Crippen LogP contribution < -0.4 is 0 Å². The van der Waals surface area contributed by atoms with Gasteiger partial charge in [0.1, 0.15) is 5.75 Å². The van der Waals surface area contributed by atoms with Gasteiger partial charge >= 0.3 is 0 Å². The molecular formula is C10H13NO3. The zero-order valence-electron chi connectivity index (χ0n) is 8.23. The van der Waals surface area contributed by atoms with Crippen LogP contribution in [0.2, 0.25) is 0 Å². The summed E-state index contributed by atoms with van der Waals surface area (Å²) in [6.45, 7) is 2.25. The number of hydrogen-bond donors (Lipinski definition) is 1. The summed E-state index contributed by atoms with van der Waals surface area (Å²) in [4.78, 5) is 15.3. The fraction of sp³-hybridized carbons (Fsp3) is 0.300. The van der Waals surface area contributed by atoms with E-state index < -0.39 is 0 Å². The quantitative estimate of drug-likeness (QED) is 0.580. The molecule has 0 aliphatic carbocycles. The van der Waals surface area contributed by atoms with Crippen molar-refractivity contribution >= 4 is 6.41 Å². The zero-order valence-corrected chi connectivity index (χ0v) is 8.23. The highest BCUT2D eigenvalue weighted by Gasteiger charge is 2.04. The molecule has 4 heteroatoms. The van der Waals surface area contributed by atoms with Crippen molar-refractivity contribution in [3.63, 3.8) is 0 Å². The fourth-order valence-corrected chi connectivity index (χ4v) is 1.17. The Kier molecular flexibility index (Phi) is 3.48. The van der Waals surface area contributed by atoms with Gasteiger partial charge in [-0.1, -0.05) is 6.07 Å². The van der Waals surface area contributed by atoms with E-state index >= 15 is 0 Å². The van der Waals surface area contributed by atoms with E-state index in [2.05, 4.69) is 0 Å². The summed E-state index contributed by atoms with van der Waals surface area (Å²) in [5, 5.41) is 10.4. The third-order valence-corrected chi connectivity index (χ3v) is 2.00. The molecule has 0 aromatic heterocycles. The van der Waals surface area contributed by atoms with Crippen LogP contribution in [-0.2, 0) is 16.2 Å². The number of phenolic OH excluding ortho intramolecular Hbond substituents is 1. The second-order valence-electron chi connectivity index (χ2n) is 2.97. The van der Waals surface area contributed by atoms with Crippen molar-refractivity contribution in [2.24, 2.45) is 0 Å². The van der Waals surface area contributed by atoms with E-state index in [1.54, 1.807) is 18.2 Å². The molecule has 0 saturated carbocycles. The Morgan fingerprint density at radius 3 is 2.79 bits per heavy atom. The number of phenols is 1. The molecule has 0 aliphatic heterocycles. The van der Waals surface area contributed by atoms with Crippen molar-refractivity contribution in [1.29, 1.82) is 0 Å². The van der Waals surface area contributed by atoms with Crippen molar-refractivity contribution in [3.05, 3.63) is 29.3 Å². The van der Waals surface area contributed by atoms with Crippen molar-refractivity contribution in [3.8, 4) is 5.75 Å². The molecule has 0 heterocycles. The van der Waals surface area contributed by atoms with Crippen LogP contribution in [0.25, 0.3) is 0 Å². The summed E-state index contributed by atoms with van der Waals surface area (Å²) < 4.78 is 0. The summed E-state index contributed by atoms with van der Waals surface area (Å²) in [6.07, 6.45) is 0.617. The Morgan fingerprint density at radius 2 is 2.29 bits per heavy atom. The first kappa shape index (κ1) is 10.5. The zero-order chi connectivity index (χ0) is 10.6. The Bertz CT molecular complexity index is 325. The van der Waals surface area contributed by atoms with Crippen LogP contribution >= 0.6 is 0 Å². The lowest BCUT2D eigenvalue weighted by Crippen LogP contribution is -2.20. The van der Waals surface area contributed by atoms with E-state index in [1.807, 2.05) is 6.92 Å². The first-order valence-electron chi connectivity index (χ1n) is 4.22. The SMILES string of the molecule is CON(C=O)Cc1ccc(O)cc1C. The predicted octanol–water partition coefficient (Wildman–Crippen LogP) is 1.22. The van der Waals surface area contributed by atoms with Crippen LogP contribution in [-0.4, -0.2) is 23.7 Å². The average molecular weight is 195 g/mol. The maximum atomic E-state index is 10.5. The highest BCUT2D eigenvalue weighted by molar-refractivity contribution is 5.46. The minimum Gasteiger partial charge on any atom is -0.508 e. The number of aryl methyl sites for hydroxylation is 1. The Labute approximate surface area is 82.7 Å². The highest BCUT2D eigenvalue weighted by Crippen LogP contribution is 2.16. The number of aromatic hydroxyl groups is 1. The van der Waals surface area contributed by atoms with Gasteiger partial charge in [0.25, 0.3) is 0 Å². The molecule has 4 nitrogen and oxygen atoms in total. The summed E-state index contributed by atoms with van der Waals surface area (Å²) in [7, 11) is 1.43. The first-order chi connectivity index (χ1) is 6.67. The van der Waals surface area contributed by atoms with E-state index in [4.69, 9.17) is 4.84 Å². The van der Waals surface area contributed by atoms with Gasteiger partial charge in [-0.05, 0) is 30.2 Å². The van der Waals surface area contributed by atoms with Gasteiger partial charge < -0.3 is 5.11 Å². The predicted molar refractivity (Wildman–Crippen MR) is 51.5 cm³/mol. The van der Waals surface area contributed by atoms with Crippen molar-refractivity contribution in [2.45, 2.75) is 13.5 Å². The van der Waals surface area contributed by atoms with Crippen molar-refractivity contribution < 1.29 is 14.7 Å². The third-order valence-electron chi connectivity index (χ3n) is 2.00. The molecule has 1 rings (SSSR count). The number of hydrogen-bond acceptors (Lipinski definition) is 3. The van der Waals surface area contributed by atoms with Crippen LogP contribution in [0, 0.1) is 6.92 Å². The minimum atomic E-state index is 0.223. The lowest BCUT2D eigenvalue weighted by atomic mass is 10.1. The minimum absolute atomic E-state index is 0.223. The normalized spacial score (nSPS) is 9.86. The van der Waals surface area contributed by atoms with E-state index in [0.717, 1.165) is 11.1 Å². The van der Waals surface area contributed by atoms with E-state index in [9.17, 15) is 9.90 Å². The maximum absolute atomic E-state index is 10.5. The van der Waals surface area contributed by atoms with E-state index in [0.29, 0.717) is 13.0 Å². The van der Waals surface area contributed by atoms with Gasteiger partial charge in [-0.2, -0.15) is 0 Å².